The normalized spacial score (nSPS) is 23.6. The molecular formula is C48H61N7O10S2. The fraction of sp³-hybridized carbons (Fsp3) is 0.500. The number of aliphatic carboxylic acids is 1. The van der Waals surface area contributed by atoms with Gasteiger partial charge in [-0.25, -0.2) is 28.0 Å². The van der Waals surface area contributed by atoms with E-state index in [1.807, 2.05) is 58.2 Å². The lowest BCUT2D eigenvalue weighted by Crippen LogP contribution is -2.56. The smallest absolute Gasteiger partial charge is 0.408 e. The van der Waals surface area contributed by atoms with Crippen LogP contribution in [0.25, 0.3) is 22.3 Å². The van der Waals surface area contributed by atoms with Gasteiger partial charge in [0.05, 0.1) is 36.3 Å². The monoisotopic (exact) mass is 959 g/mol. The number of nitrogens with one attached hydrogen (secondary N) is 3. The van der Waals surface area contributed by atoms with E-state index in [0.29, 0.717) is 53.1 Å². The van der Waals surface area contributed by atoms with E-state index in [1.165, 1.54) is 35.4 Å². The van der Waals surface area contributed by atoms with Crippen molar-refractivity contribution in [3.05, 3.63) is 72.1 Å². The van der Waals surface area contributed by atoms with Gasteiger partial charge >= 0.3 is 12.1 Å². The van der Waals surface area contributed by atoms with Crippen LogP contribution in [0, 0.1) is 11.3 Å². The number of pyridine rings is 1. The number of benzene rings is 2. The van der Waals surface area contributed by atoms with E-state index in [1.54, 1.807) is 43.5 Å². The number of anilines is 1. The minimum absolute atomic E-state index is 0.00767. The molecule has 6 atom stereocenters. The zero-order valence-electron chi connectivity index (χ0n) is 39.0. The Labute approximate surface area is 395 Å². The van der Waals surface area contributed by atoms with Crippen LogP contribution < -0.4 is 25.4 Å². The summed E-state index contributed by atoms with van der Waals surface area (Å²) in [6.45, 7) is 9.26. The summed E-state index contributed by atoms with van der Waals surface area (Å²) in [5, 5.41) is 22.6. The molecule has 0 radical (unpaired) electrons. The Balaban J connectivity index is 1.18. The first kappa shape index (κ1) is 49.1. The molecule has 2 aromatic carbocycles. The van der Waals surface area contributed by atoms with Crippen LogP contribution in [0.2, 0.25) is 0 Å². The maximum Gasteiger partial charge on any atom is 0.408 e. The number of hydrogen-bond acceptors (Lipinski definition) is 13. The van der Waals surface area contributed by atoms with Gasteiger partial charge in [0.15, 0.2) is 5.13 Å². The van der Waals surface area contributed by atoms with E-state index in [4.69, 9.17) is 24.2 Å². The van der Waals surface area contributed by atoms with Crippen LogP contribution in [0.3, 0.4) is 0 Å². The van der Waals surface area contributed by atoms with Crippen LogP contribution in [-0.2, 0) is 29.1 Å². The molecule has 19 heteroatoms. The van der Waals surface area contributed by atoms with Gasteiger partial charge in [0.1, 0.15) is 47.0 Å². The Morgan fingerprint density at radius 1 is 1.06 bits per heavy atom. The summed E-state index contributed by atoms with van der Waals surface area (Å²) < 4.78 is 46.4. The molecule has 3 aliphatic rings. The Kier molecular flexibility index (Phi) is 14.8. The molecule has 4 N–H and O–H groups in total. The highest BCUT2D eigenvalue weighted by Gasteiger charge is 2.61. The molecule has 0 bridgehead atoms. The highest BCUT2D eigenvalue weighted by molar-refractivity contribution is 7.89. The van der Waals surface area contributed by atoms with Crippen LogP contribution in [0.1, 0.15) is 79.6 Å². The molecule has 1 aliphatic carbocycles. The van der Waals surface area contributed by atoms with E-state index in [2.05, 4.69) is 16.0 Å². The van der Waals surface area contributed by atoms with Crippen molar-refractivity contribution in [3.63, 3.8) is 0 Å². The van der Waals surface area contributed by atoms with Crippen LogP contribution in [-0.4, -0.2) is 120 Å². The number of allylic oxidation sites excluding steroid dienone is 1. The van der Waals surface area contributed by atoms with Gasteiger partial charge in [-0.1, -0.05) is 64.0 Å². The first-order valence-electron chi connectivity index (χ1n) is 22.7. The average Bonchev–Trinajstić information content (AvgIpc) is 3.54. The predicted octanol–water partition coefficient (Wildman–Crippen LogP) is 6.85. The average molecular weight is 960 g/mol. The highest BCUT2D eigenvalue weighted by atomic mass is 32.2. The quantitative estimate of drug-likeness (QED) is 0.101. The molecule has 0 spiro atoms. The number of thiazole rings is 1. The van der Waals surface area contributed by atoms with E-state index in [0.717, 1.165) is 15.9 Å². The zero-order valence-corrected chi connectivity index (χ0v) is 40.6. The summed E-state index contributed by atoms with van der Waals surface area (Å²) >= 11 is 1.44. The van der Waals surface area contributed by atoms with Gasteiger partial charge in [0.2, 0.25) is 21.8 Å². The second-order valence-electron chi connectivity index (χ2n) is 18.9. The van der Waals surface area contributed by atoms with Crippen LogP contribution in [0.5, 0.6) is 11.5 Å². The molecule has 2 aromatic heterocycles. The molecule has 4 heterocycles. The molecule has 4 aromatic rings. The van der Waals surface area contributed by atoms with Gasteiger partial charge in [-0.2, -0.15) is 4.31 Å². The Hall–Kier alpha value is -5.79. The lowest BCUT2D eigenvalue weighted by Gasteiger charge is -2.34. The second kappa shape index (κ2) is 20.2. The molecule has 3 amide bonds. The minimum Gasteiger partial charge on any atom is -0.497 e. The number of carboxylic acids is 1. The summed E-state index contributed by atoms with van der Waals surface area (Å²) in [5.74, 6) is -1.80. The number of amides is 3. The third-order valence-corrected chi connectivity index (χ3v) is 15.1. The number of carboxylic acid groups (broad SMARTS) is 1. The SMILES string of the molecule is COc1ccc2c(O[C@@H]3C[C@H]4C(=O)N[C@]5(C(=O)O)CC5/C=C\CCCCC[C@H](NC(=O)OC(CN(C)S(=O)(=O)c5ccccc5)C(C)(C)C)C(=O)N4C3)cc(-c3csc(NC(C)C)n3)nc2c1. The van der Waals surface area contributed by atoms with Crippen molar-refractivity contribution in [2.24, 2.45) is 11.3 Å². The number of alkyl carbamates (subject to hydrolysis) is 1. The number of rotatable bonds is 13. The maximum atomic E-state index is 15.0. The molecule has 360 valence electrons. The van der Waals surface area contributed by atoms with Crippen LogP contribution in [0.15, 0.2) is 77.0 Å². The number of carbonyl (C=O) groups excluding carboxylic acids is 3. The van der Waals surface area contributed by atoms with Crippen molar-refractivity contribution < 1.29 is 46.9 Å². The number of ether oxygens (including phenoxy) is 3. The highest BCUT2D eigenvalue weighted by Crippen LogP contribution is 2.46. The van der Waals surface area contributed by atoms with Crippen molar-refractivity contribution >= 4 is 61.3 Å². The molecule has 1 saturated heterocycles. The Morgan fingerprint density at radius 3 is 2.52 bits per heavy atom. The minimum atomic E-state index is -3.93. The van der Waals surface area contributed by atoms with Crippen molar-refractivity contribution in [2.75, 3.05) is 32.6 Å². The number of methoxy groups -OCH3 is 1. The summed E-state index contributed by atoms with van der Waals surface area (Å²) in [4.78, 5) is 67.2. The van der Waals surface area contributed by atoms with Gasteiger partial charge in [0, 0.05) is 53.7 Å². The Morgan fingerprint density at radius 2 is 1.82 bits per heavy atom. The van der Waals surface area contributed by atoms with Gasteiger partial charge in [-0.3, -0.25) is 9.59 Å². The summed E-state index contributed by atoms with van der Waals surface area (Å²) in [7, 11) is -0.950. The number of likely N-dealkylation sites (N-methyl/N-ethyl adjacent to an activating group) is 1. The van der Waals surface area contributed by atoms with Gasteiger partial charge in [-0.15, -0.1) is 11.3 Å². The van der Waals surface area contributed by atoms with E-state index in [9.17, 15) is 32.7 Å². The first-order valence-corrected chi connectivity index (χ1v) is 25.0. The number of carbonyl (C=O) groups is 4. The summed E-state index contributed by atoms with van der Waals surface area (Å²) in [5.41, 5.74) is -0.548. The molecule has 2 unspecified atom stereocenters. The van der Waals surface area contributed by atoms with Gasteiger partial charge in [0.25, 0.3) is 0 Å². The lowest BCUT2D eigenvalue weighted by molar-refractivity contribution is -0.145. The van der Waals surface area contributed by atoms with Gasteiger partial charge < -0.3 is 40.2 Å². The molecule has 2 fully saturated rings. The largest absolute Gasteiger partial charge is 0.497 e. The van der Waals surface area contributed by atoms with Crippen LogP contribution in [0.4, 0.5) is 9.93 Å². The first-order chi connectivity index (χ1) is 31.8. The third-order valence-electron chi connectivity index (χ3n) is 12.5. The third kappa shape index (κ3) is 11.3. The van der Waals surface area contributed by atoms with Crippen molar-refractivity contribution in [2.45, 2.75) is 120 Å². The van der Waals surface area contributed by atoms with E-state index < -0.39 is 75.1 Å². The second-order valence-corrected chi connectivity index (χ2v) is 21.8. The fourth-order valence-corrected chi connectivity index (χ4v) is 10.5. The molecule has 17 nitrogen and oxygen atoms in total. The summed E-state index contributed by atoms with van der Waals surface area (Å²) in [6, 6.07) is 13.0. The fourth-order valence-electron chi connectivity index (χ4n) is 8.46. The number of fused-ring (bicyclic) bond motifs is 3. The molecule has 7 rings (SSSR count). The molecule has 2 aliphatic heterocycles. The lowest BCUT2D eigenvalue weighted by atomic mass is 9.89. The van der Waals surface area contributed by atoms with E-state index >= 15 is 0 Å². The zero-order chi connectivity index (χ0) is 48.3. The Bertz CT molecular complexity index is 2600. The number of aromatic nitrogens is 2. The summed E-state index contributed by atoms with van der Waals surface area (Å²) in [6.07, 6.45) is 4.24. The van der Waals surface area contributed by atoms with Gasteiger partial charge in [-0.05, 0) is 63.8 Å². The number of sulfonamides is 1. The number of nitrogens with zero attached hydrogens (tertiary/aromatic N) is 4. The van der Waals surface area contributed by atoms with E-state index in [-0.39, 0.29) is 43.3 Å². The van der Waals surface area contributed by atoms with Crippen LogP contribution >= 0.6 is 11.3 Å². The molecule has 67 heavy (non-hydrogen) atoms. The van der Waals surface area contributed by atoms with Crippen molar-refractivity contribution in [1.82, 2.24) is 29.8 Å². The maximum absolute atomic E-state index is 15.0. The number of hydrogen-bond donors (Lipinski definition) is 4. The predicted molar refractivity (Wildman–Crippen MR) is 254 cm³/mol. The topological polar surface area (TPSA) is 219 Å². The van der Waals surface area contributed by atoms with Crippen molar-refractivity contribution in [1.29, 1.82) is 0 Å². The molecule has 1 saturated carbocycles. The van der Waals surface area contributed by atoms with Crippen molar-refractivity contribution in [3.8, 4) is 22.9 Å². The standard InChI is InChI=1S/C48H61N7O10S2/c1-29(2)49-45-51-38(28-66-45)37-24-40(34-21-20-31(63-7)22-36(34)50-37)64-32-23-39-42(56)53-48(44(58)59)25-30(48)16-12-9-8-10-15-19-35(43(57)55(39)26-32)52-46(60)65-41(47(3,4)5)27-54(6)67(61,62)33-17-13-11-14-18-33/h11-14,16-18,20-22,24,28-30,32,35,39,41H,8-10,15,19,23,25-27H2,1-7H3,(H,49,51)(H,52,60)(H,53,56)(H,58,59)/b16-12-/t30?,32-,35+,39+,41?,48-/m1/s1. The molecular weight excluding hydrogens is 899 g/mol.